The van der Waals surface area contributed by atoms with E-state index in [1.807, 2.05) is 36.4 Å². The molecule has 34 heavy (non-hydrogen) atoms. The van der Waals surface area contributed by atoms with Crippen molar-refractivity contribution >= 4 is 16.9 Å². The zero-order chi connectivity index (χ0) is 23.5. The summed E-state index contributed by atoms with van der Waals surface area (Å²) >= 11 is 0. The smallest absolute Gasteiger partial charge is 0.224 e. The zero-order valence-corrected chi connectivity index (χ0v) is 19.4. The van der Waals surface area contributed by atoms with Crippen LogP contribution in [0.3, 0.4) is 0 Å². The van der Waals surface area contributed by atoms with Crippen LogP contribution in [0.4, 0.5) is 4.39 Å². The van der Waals surface area contributed by atoms with Crippen LogP contribution in [0, 0.1) is 18.7 Å². The van der Waals surface area contributed by atoms with E-state index in [0.717, 1.165) is 47.5 Å². The molecule has 1 atom stereocenters. The summed E-state index contributed by atoms with van der Waals surface area (Å²) in [7, 11) is 0. The third-order valence-corrected chi connectivity index (χ3v) is 6.51. The first-order valence-electron chi connectivity index (χ1n) is 11.8. The molecule has 0 spiro atoms. The second-order valence-electron chi connectivity index (χ2n) is 9.11. The molecule has 1 fully saturated rings. The highest BCUT2D eigenvalue weighted by molar-refractivity contribution is 5.79. The predicted octanol–water partition coefficient (Wildman–Crippen LogP) is 5.00. The van der Waals surface area contributed by atoms with Gasteiger partial charge in [0.05, 0.1) is 23.5 Å². The first-order valence-corrected chi connectivity index (χ1v) is 11.8. The molecule has 0 unspecified atom stereocenters. The van der Waals surface area contributed by atoms with Gasteiger partial charge in [-0.15, -0.1) is 0 Å². The van der Waals surface area contributed by atoms with Crippen LogP contribution in [-0.2, 0) is 17.9 Å². The summed E-state index contributed by atoms with van der Waals surface area (Å²) < 4.78 is 15.6. The quantitative estimate of drug-likeness (QED) is 0.444. The molecule has 5 nitrogen and oxygen atoms in total. The van der Waals surface area contributed by atoms with E-state index >= 15 is 0 Å². The fraction of sp³-hybridized carbons (Fsp3) is 0.286. The van der Waals surface area contributed by atoms with Crippen molar-refractivity contribution in [3.8, 4) is 5.69 Å². The van der Waals surface area contributed by atoms with Gasteiger partial charge in [-0.1, -0.05) is 42.0 Å². The minimum Gasteiger partial charge on any atom is -0.352 e. The maximum atomic E-state index is 13.6. The largest absolute Gasteiger partial charge is 0.352 e. The first-order chi connectivity index (χ1) is 16.6. The summed E-state index contributed by atoms with van der Waals surface area (Å²) in [5.74, 6) is 0.708. The van der Waals surface area contributed by atoms with Crippen LogP contribution in [0.2, 0.25) is 0 Å². The van der Waals surface area contributed by atoms with Crippen LogP contribution in [-0.4, -0.2) is 33.4 Å². The van der Waals surface area contributed by atoms with Gasteiger partial charge in [0.1, 0.15) is 11.6 Å². The number of amides is 1. The molecule has 1 aliphatic rings. The predicted molar refractivity (Wildman–Crippen MR) is 132 cm³/mol. The number of aromatic nitrogens is 2. The summed E-state index contributed by atoms with van der Waals surface area (Å²) in [6, 6.07) is 22.7. The number of para-hydroxylation sites is 2. The highest BCUT2D eigenvalue weighted by Crippen LogP contribution is 2.25. The Bertz CT molecular complexity index is 1300. The third kappa shape index (κ3) is 4.87. The zero-order valence-electron chi connectivity index (χ0n) is 19.4. The fourth-order valence-corrected chi connectivity index (χ4v) is 4.83. The number of aryl methyl sites for hydroxylation is 1. The molecule has 1 aromatic heterocycles. The van der Waals surface area contributed by atoms with Crippen LogP contribution in [0.25, 0.3) is 16.7 Å². The van der Waals surface area contributed by atoms with Crippen molar-refractivity contribution in [3.63, 3.8) is 0 Å². The molecule has 0 bridgehead atoms. The van der Waals surface area contributed by atoms with Crippen molar-refractivity contribution in [3.05, 3.63) is 95.6 Å². The SMILES string of the molecule is Cc1cccc(CNC(=O)[C@@H]2CCCN(Cc3nc4ccccc4n3-c3ccc(F)cc3)C2)c1. The Morgan fingerprint density at radius 3 is 2.74 bits per heavy atom. The first kappa shape index (κ1) is 22.3. The monoisotopic (exact) mass is 456 g/mol. The molecule has 0 radical (unpaired) electrons. The molecule has 2 heterocycles. The van der Waals surface area contributed by atoms with Crippen molar-refractivity contribution in [2.45, 2.75) is 32.9 Å². The average Bonchev–Trinajstić information content (AvgIpc) is 3.21. The molecule has 174 valence electrons. The molecule has 0 saturated carbocycles. The van der Waals surface area contributed by atoms with Gasteiger partial charge in [-0.05, 0) is 68.3 Å². The third-order valence-electron chi connectivity index (χ3n) is 6.51. The van der Waals surface area contributed by atoms with Gasteiger partial charge in [0, 0.05) is 18.8 Å². The van der Waals surface area contributed by atoms with Crippen molar-refractivity contribution < 1.29 is 9.18 Å². The molecular weight excluding hydrogens is 427 g/mol. The number of imidazole rings is 1. The van der Waals surface area contributed by atoms with Crippen LogP contribution in [0.5, 0.6) is 0 Å². The van der Waals surface area contributed by atoms with Gasteiger partial charge >= 0.3 is 0 Å². The number of hydrogen-bond donors (Lipinski definition) is 1. The van der Waals surface area contributed by atoms with Gasteiger partial charge < -0.3 is 5.32 Å². The van der Waals surface area contributed by atoms with Crippen molar-refractivity contribution in [2.75, 3.05) is 13.1 Å². The number of nitrogens with one attached hydrogen (secondary N) is 1. The van der Waals surface area contributed by atoms with E-state index in [-0.39, 0.29) is 17.6 Å². The topological polar surface area (TPSA) is 50.2 Å². The molecule has 3 aromatic carbocycles. The molecule has 1 aliphatic heterocycles. The standard InChI is InChI=1S/C28H29FN4O/c1-20-6-4-7-21(16-20)17-30-28(34)22-8-5-15-32(18-22)19-27-31-25-9-2-3-10-26(25)33(27)24-13-11-23(29)12-14-24/h2-4,6-7,9-14,16,22H,5,8,15,17-19H2,1H3,(H,30,34)/t22-/m1/s1. The molecule has 4 aromatic rings. The lowest BCUT2D eigenvalue weighted by Gasteiger charge is -2.31. The van der Waals surface area contributed by atoms with Gasteiger partial charge in [0.25, 0.3) is 0 Å². The van der Waals surface area contributed by atoms with Gasteiger partial charge in [-0.2, -0.15) is 0 Å². The summed E-state index contributed by atoms with van der Waals surface area (Å²) in [6.07, 6.45) is 1.86. The van der Waals surface area contributed by atoms with E-state index in [4.69, 9.17) is 4.98 Å². The molecule has 0 aliphatic carbocycles. The lowest BCUT2D eigenvalue weighted by Crippen LogP contribution is -2.42. The molecule has 6 heteroatoms. The maximum absolute atomic E-state index is 13.6. The van der Waals surface area contributed by atoms with Crippen LogP contribution in [0.15, 0.2) is 72.8 Å². The number of likely N-dealkylation sites (tertiary alicyclic amines) is 1. The van der Waals surface area contributed by atoms with Crippen LogP contribution < -0.4 is 5.32 Å². The lowest BCUT2D eigenvalue weighted by molar-refractivity contribution is -0.127. The molecule has 1 N–H and O–H groups in total. The van der Waals surface area contributed by atoms with Crippen LogP contribution >= 0.6 is 0 Å². The fourth-order valence-electron chi connectivity index (χ4n) is 4.83. The Kier molecular flexibility index (Phi) is 6.41. The molecule has 1 amide bonds. The molecular formula is C28H29FN4O. The van der Waals surface area contributed by atoms with E-state index in [1.165, 1.54) is 17.7 Å². The summed E-state index contributed by atoms with van der Waals surface area (Å²) in [4.78, 5) is 20.1. The van der Waals surface area contributed by atoms with E-state index in [1.54, 1.807) is 12.1 Å². The number of piperidine rings is 1. The van der Waals surface area contributed by atoms with Gasteiger partial charge in [-0.25, -0.2) is 9.37 Å². The summed E-state index contributed by atoms with van der Waals surface area (Å²) in [5.41, 5.74) is 5.10. The minimum absolute atomic E-state index is 0.0396. The van der Waals surface area contributed by atoms with Crippen molar-refractivity contribution in [2.24, 2.45) is 5.92 Å². The van der Waals surface area contributed by atoms with Gasteiger partial charge in [0.15, 0.2) is 0 Å². The van der Waals surface area contributed by atoms with Crippen LogP contribution in [0.1, 0.15) is 29.8 Å². The number of carbonyl (C=O) groups is 1. The Hall–Kier alpha value is -3.51. The maximum Gasteiger partial charge on any atom is 0.224 e. The van der Waals surface area contributed by atoms with Gasteiger partial charge in [0.2, 0.25) is 5.91 Å². The highest BCUT2D eigenvalue weighted by atomic mass is 19.1. The second kappa shape index (κ2) is 9.77. The number of carbonyl (C=O) groups excluding carboxylic acids is 1. The van der Waals surface area contributed by atoms with E-state index in [2.05, 4.69) is 33.8 Å². The van der Waals surface area contributed by atoms with Gasteiger partial charge in [-0.3, -0.25) is 14.3 Å². The Morgan fingerprint density at radius 2 is 1.91 bits per heavy atom. The Labute approximate surface area is 199 Å². The van der Waals surface area contributed by atoms with Crippen molar-refractivity contribution in [1.29, 1.82) is 0 Å². The summed E-state index contributed by atoms with van der Waals surface area (Å²) in [6.45, 7) is 4.87. The second-order valence-corrected chi connectivity index (χ2v) is 9.11. The number of nitrogens with zero attached hydrogens (tertiary/aromatic N) is 3. The van der Waals surface area contributed by atoms with E-state index < -0.39 is 0 Å². The molecule has 5 rings (SSSR count). The normalized spacial score (nSPS) is 16.6. The molecule has 1 saturated heterocycles. The Balaban J connectivity index is 1.31. The van der Waals surface area contributed by atoms with Crippen molar-refractivity contribution in [1.82, 2.24) is 19.8 Å². The number of hydrogen-bond acceptors (Lipinski definition) is 3. The lowest BCUT2D eigenvalue weighted by atomic mass is 9.97. The minimum atomic E-state index is -0.259. The van der Waals surface area contributed by atoms with E-state index in [0.29, 0.717) is 19.6 Å². The number of benzene rings is 3. The number of rotatable bonds is 6. The highest BCUT2D eigenvalue weighted by Gasteiger charge is 2.27. The Morgan fingerprint density at radius 1 is 1.09 bits per heavy atom. The number of halogens is 1. The van der Waals surface area contributed by atoms with E-state index in [9.17, 15) is 9.18 Å². The average molecular weight is 457 g/mol. The summed E-state index contributed by atoms with van der Waals surface area (Å²) in [5, 5.41) is 3.12. The number of fused-ring (bicyclic) bond motifs is 1.